The number of rotatable bonds is 7. The van der Waals surface area contributed by atoms with Crippen LogP contribution in [0.2, 0.25) is 5.02 Å². The van der Waals surface area contributed by atoms with Crippen LogP contribution in [0, 0.1) is 0 Å². The van der Waals surface area contributed by atoms with E-state index in [2.05, 4.69) is 5.32 Å². The highest BCUT2D eigenvalue weighted by molar-refractivity contribution is 6.31. The predicted octanol–water partition coefficient (Wildman–Crippen LogP) is 1.49. The summed E-state index contributed by atoms with van der Waals surface area (Å²) in [6.07, 6.45) is 0. The molecule has 0 aromatic heterocycles. The average Bonchev–Trinajstić information content (AvgIpc) is 2.28. The lowest BCUT2D eigenvalue weighted by Crippen LogP contribution is -2.26. The summed E-state index contributed by atoms with van der Waals surface area (Å²) in [6.45, 7) is 3.06. The number of nitrogens with one attached hydrogen (secondary N) is 1. The Balaban J connectivity index is 2.28. The molecule has 4 nitrogen and oxygen atoms in total. The van der Waals surface area contributed by atoms with E-state index in [1.807, 2.05) is 31.2 Å². The minimum Gasteiger partial charge on any atom is -0.370 e. The van der Waals surface area contributed by atoms with Gasteiger partial charge in [-0.25, -0.2) is 0 Å². The van der Waals surface area contributed by atoms with Crippen LogP contribution < -0.4 is 11.1 Å². The molecule has 0 aliphatic rings. The van der Waals surface area contributed by atoms with Gasteiger partial charge in [0.05, 0.1) is 6.61 Å². The van der Waals surface area contributed by atoms with Crippen LogP contribution in [0.1, 0.15) is 18.5 Å². The Hall–Kier alpha value is -1.10. The van der Waals surface area contributed by atoms with Crippen LogP contribution in [-0.4, -0.2) is 25.7 Å². The molecule has 0 bridgehead atoms. The van der Waals surface area contributed by atoms with Gasteiger partial charge in [0, 0.05) is 17.6 Å². The molecule has 1 aromatic rings. The van der Waals surface area contributed by atoms with Gasteiger partial charge in [0.25, 0.3) is 0 Å². The van der Waals surface area contributed by atoms with Crippen LogP contribution in [-0.2, 0) is 9.53 Å². The van der Waals surface area contributed by atoms with Gasteiger partial charge in [-0.3, -0.25) is 4.79 Å². The second kappa shape index (κ2) is 7.27. The number of carbonyl (C=O) groups is 1. The fourth-order valence-corrected chi connectivity index (χ4v) is 1.76. The Kier molecular flexibility index (Phi) is 5.97. The molecule has 0 aliphatic carbocycles. The van der Waals surface area contributed by atoms with E-state index < -0.39 is 5.91 Å². The van der Waals surface area contributed by atoms with E-state index >= 15 is 0 Å². The van der Waals surface area contributed by atoms with Crippen molar-refractivity contribution in [2.45, 2.75) is 13.0 Å². The van der Waals surface area contributed by atoms with E-state index in [-0.39, 0.29) is 12.6 Å². The molecule has 0 saturated carbocycles. The first-order chi connectivity index (χ1) is 8.11. The van der Waals surface area contributed by atoms with Crippen molar-refractivity contribution in [1.82, 2.24) is 5.32 Å². The summed E-state index contributed by atoms with van der Waals surface area (Å²) in [7, 11) is 0. The lowest BCUT2D eigenvalue weighted by atomic mass is 10.1. The molecule has 1 amide bonds. The van der Waals surface area contributed by atoms with Gasteiger partial charge in [-0.2, -0.15) is 0 Å². The van der Waals surface area contributed by atoms with Gasteiger partial charge >= 0.3 is 0 Å². The van der Waals surface area contributed by atoms with Crippen molar-refractivity contribution >= 4 is 17.5 Å². The monoisotopic (exact) mass is 256 g/mol. The van der Waals surface area contributed by atoms with Crippen LogP contribution in [0.5, 0.6) is 0 Å². The van der Waals surface area contributed by atoms with E-state index in [0.29, 0.717) is 13.2 Å². The number of benzene rings is 1. The number of primary amides is 1. The number of carbonyl (C=O) groups excluding carboxylic acids is 1. The summed E-state index contributed by atoms with van der Waals surface area (Å²) in [6, 6.07) is 7.82. The summed E-state index contributed by atoms with van der Waals surface area (Å²) in [5.74, 6) is -0.454. The number of hydrogen-bond donors (Lipinski definition) is 2. The van der Waals surface area contributed by atoms with Crippen molar-refractivity contribution in [1.29, 1.82) is 0 Å². The molecule has 0 fully saturated rings. The van der Waals surface area contributed by atoms with Crippen molar-refractivity contribution < 1.29 is 9.53 Å². The highest BCUT2D eigenvalue weighted by Gasteiger charge is 2.07. The van der Waals surface area contributed by atoms with Crippen LogP contribution in [0.4, 0.5) is 0 Å². The molecule has 0 spiro atoms. The number of hydrogen-bond acceptors (Lipinski definition) is 3. The van der Waals surface area contributed by atoms with Crippen molar-refractivity contribution in [3.8, 4) is 0 Å². The quantitative estimate of drug-likeness (QED) is 0.727. The highest BCUT2D eigenvalue weighted by Crippen LogP contribution is 2.21. The van der Waals surface area contributed by atoms with E-state index in [4.69, 9.17) is 22.1 Å². The first-order valence-electron chi connectivity index (χ1n) is 5.45. The minimum atomic E-state index is -0.454. The Morgan fingerprint density at radius 3 is 2.88 bits per heavy atom. The van der Waals surface area contributed by atoms with Gasteiger partial charge in [-0.15, -0.1) is 0 Å². The van der Waals surface area contributed by atoms with Gasteiger partial charge in [-0.1, -0.05) is 29.8 Å². The van der Waals surface area contributed by atoms with E-state index in [9.17, 15) is 4.79 Å². The van der Waals surface area contributed by atoms with Crippen molar-refractivity contribution in [2.24, 2.45) is 5.73 Å². The number of nitrogens with two attached hydrogens (primary N) is 1. The SMILES string of the molecule is CC(NCCOCC(N)=O)c1ccccc1Cl. The second-order valence-corrected chi connectivity index (χ2v) is 4.12. The van der Waals surface area contributed by atoms with Crippen LogP contribution in [0.15, 0.2) is 24.3 Å². The van der Waals surface area contributed by atoms with E-state index in [1.165, 1.54) is 0 Å². The maximum Gasteiger partial charge on any atom is 0.243 e. The second-order valence-electron chi connectivity index (χ2n) is 3.72. The molecular formula is C12H17ClN2O2. The Morgan fingerprint density at radius 1 is 1.53 bits per heavy atom. The predicted molar refractivity (Wildman–Crippen MR) is 67.9 cm³/mol. The van der Waals surface area contributed by atoms with Crippen molar-refractivity contribution in [3.63, 3.8) is 0 Å². The lowest BCUT2D eigenvalue weighted by molar-refractivity contribution is -0.122. The Labute approximate surface area is 106 Å². The zero-order valence-electron chi connectivity index (χ0n) is 9.78. The summed E-state index contributed by atoms with van der Waals surface area (Å²) < 4.78 is 5.04. The average molecular weight is 257 g/mol. The maximum absolute atomic E-state index is 10.4. The Morgan fingerprint density at radius 2 is 2.24 bits per heavy atom. The molecule has 1 rings (SSSR count). The summed E-state index contributed by atoms with van der Waals surface area (Å²) in [4.78, 5) is 10.4. The molecule has 17 heavy (non-hydrogen) atoms. The van der Waals surface area contributed by atoms with Gasteiger partial charge in [0.1, 0.15) is 6.61 Å². The smallest absolute Gasteiger partial charge is 0.243 e. The summed E-state index contributed by atoms with van der Waals surface area (Å²) >= 11 is 6.07. The fourth-order valence-electron chi connectivity index (χ4n) is 1.46. The summed E-state index contributed by atoms with van der Waals surface area (Å²) in [5.41, 5.74) is 5.99. The molecule has 3 N–H and O–H groups in total. The largest absolute Gasteiger partial charge is 0.370 e. The molecule has 1 aromatic carbocycles. The van der Waals surface area contributed by atoms with Crippen LogP contribution in [0.3, 0.4) is 0 Å². The van der Waals surface area contributed by atoms with Gasteiger partial charge in [0.15, 0.2) is 0 Å². The molecule has 0 radical (unpaired) electrons. The number of ether oxygens (including phenoxy) is 1. The van der Waals surface area contributed by atoms with Crippen LogP contribution in [0.25, 0.3) is 0 Å². The molecule has 1 atom stereocenters. The Bertz CT molecular complexity index is 371. The molecular weight excluding hydrogens is 240 g/mol. The first kappa shape index (κ1) is 14.0. The zero-order valence-corrected chi connectivity index (χ0v) is 10.5. The van der Waals surface area contributed by atoms with Crippen molar-refractivity contribution in [3.05, 3.63) is 34.9 Å². The first-order valence-corrected chi connectivity index (χ1v) is 5.83. The third kappa shape index (κ3) is 5.17. The van der Waals surface area contributed by atoms with Crippen molar-refractivity contribution in [2.75, 3.05) is 19.8 Å². The van der Waals surface area contributed by atoms with E-state index in [1.54, 1.807) is 0 Å². The standard InChI is InChI=1S/C12H17ClN2O2/c1-9(10-4-2-3-5-11(10)13)15-6-7-17-8-12(14)16/h2-5,9,15H,6-8H2,1H3,(H2,14,16). The topological polar surface area (TPSA) is 64.3 Å². The minimum absolute atomic E-state index is 0.0395. The molecule has 5 heteroatoms. The molecule has 94 valence electrons. The third-order valence-corrected chi connectivity index (χ3v) is 2.66. The van der Waals surface area contributed by atoms with Gasteiger partial charge in [-0.05, 0) is 18.6 Å². The maximum atomic E-state index is 10.4. The third-order valence-electron chi connectivity index (χ3n) is 2.31. The van der Waals surface area contributed by atoms with Gasteiger partial charge in [0.2, 0.25) is 5.91 Å². The number of halogens is 1. The highest BCUT2D eigenvalue weighted by atomic mass is 35.5. The molecule has 1 unspecified atom stereocenters. The number of amides is 1. The van der Waals surface area contributed by atoms with E-state index in [0.717, 1.165) is 10.6 Å². The molecule has 0 saturated heterocycles. The fraction of sp³-hybridized carbons (Fsp3) is 0.417. The van der Waals surface area contributed by atoms with Gasteiger partial charge < -0.3 is 15.8 Å². The normalized spacial score (nSPS) is 12.4. The zero-order chi connectivity index (χ0) is 12.7. The lowest BCUT2D eigenvalue weighted by Gasteiger charge is -2.15. The molecule has 0 aliphatic heterocycles. The summed E-state index contributed by atoms with van der Waals surface area (Å²) in [5, 5.41) is 3.99. The molecule has 0 heterocycles. The van der Waals surface area contributed by atoms with Crippen LogP contribution >= 0.6 is 11.6 Å².